The highest BCUT2D eigenvalue weighted by molar-refractivity contribution is 6.08. The molecule has 0 aromatic carbocycles. The highest BCUT2D eigenvalue weighted by Gasteiger charge is 2.38. The Labute approximate surface area is 82.9 Å². The fourth-order valence-electron chi connectivity index (χ4n) is 3.31. The molecule has 0 saturated carbocycles. The summed E-state index contributed by atoms with van der Waals surface area (Å²) in [6, 6.07) is 0. The van der Waals surface area contributed by atoms with Gasteiger partial charge < -0.3 is 9.38 Å². The summed E-state index contributed by atoms with van der Waals surface area (Å²) in [5, 5.41) is 0. The van der Waals surface area contributed by atoms with Crippen molar-refractivity contribution in [3.05, 3.63) is 0 Å². The molecular formula is C10H20BN2+. The second-order valence-electron chi connectivity index (χ2n) is 5.49. The van der Waals surface area contributed by atoms with Crippen LogP contribution in [0.3, 0.4) is 0 Å². The van der Waals surface area contributed by atoms with Gasteiger partial charge in [0.25, 0.3) is 0 Å². The third-order valence-electron chi connectivity index (χ3n) is 3.46. The molecule has 0 aliphatic carbocycles. The molecule has 2 rings (SSSR count). The topological polar surface area (TPSA) is 3.24 Å². The van der Waals surface area contributed by atoms with Crippen LogP contribution in [0.15, 0.2) is 0 Å². The lowest BCUT2D eigenvalue weighted by Gasteiger charge is -2.48. The minimum absolute atomic E-state index is 0.750. The minimum Gasteiger partial charge on any atom is -0.328 e. The number of fused-ring (bicyclic) bond motifs is 2. The number of rotatable bonds is 1. The molecule has 0 N–H and O–H groups in total. The Hall–Kier alpha value is -0.0151. The molecule has 2 aliphatic rings. The van der Waals surface area contributed by atoms with E-state index in [1.54, 1.807) is 0 Å². The van der Waals surface area contributed by atoms with Gasteiger partial charge in [-0.2, -0.15) is 0 Å². The Morgan fingerprint density at radius 3 is 2.23 bits per heavy atom. The van der Waals surface area contributed by atoms with E-state index in [4.69, 9.17) is 7.85 Å². The lowest BCUT2D eigenvalue weighted by atomic mass is 9.83. The van der Waals surface area contributed by atoms with E-state index in [2.05, 4.69) is 19.0 Å². The first-order chi connectivity index (χ1) is 6.09. The summed E-state index contributed by atoms with van der Waals surface area (Å²) in [7, 11) is 10.4. The number of hydrogen-bond donors (Lipinski definition) is 0. The highest BCUT2D eigenvalue weighted by Crippen LogP contribution is 2.30. The van der Waals surface area contributed by atoms with Crippen LogP contribution in [-0.4, -0.2) is 63.9 Å². The first-order valence-corrected chi connectivity index (χ1v) is 5.33. The SMILES string of the molecule is [B]CN1CC2CC(C1)C[N+](C)(C)C2. The lowest BCUT2D eigenvalue weighted by molar-refractivity contribution is -0.903. The molecule has 2 fully saturated rings. The quantitative estimate of drug-likeness (QED) is 0.409. The standard InChI is InChI=1S/C10H20BN2/c1-13(2)6-9-3-10(7-13)5-12(4-9)8-11/h9-10H,3-8H2,1-2H3/q+1. The Bertz CT molecular complexity index is 177. The van der Waals surface area contributed by atoms with E-state index in [1.165, 1.54) is 37.1 Å². The molecule has 72 valence electrons. The largest absolute Gasteiger partial charge is 0.328 e. The van der Waals surface area contributed by atoms with Crippen LogP contribution in [0.1, 0.15) is 6.42 Å². The Morgan fingerprint density at radius 2 is 1.77 bits per heavy atom. The van der Waals surface area contributed by atoms with Gasteiger partial charge in [-0.3, -0.25) is 0 Å². The van der Waals surface area contributed by atoms with E-state index in [1.807, 2.05) is 0 Å². The van der Waals surface area contributed by atoms with Gasteiger partial charge in [-0.15, -0.1) is 0 Å². The number of likely N-dealkylation sites (tertiary alicyclic amines) is 2. The molecule has 2 bridgehead atoms. The van der Waals surface area contributed by atoms with Crippen LogP contribution in [-0.2, 0) is 0 Å². The molecule has 2 heterocycles. The average Bonchev–Trinajstić information content (AvgIpc) is 1.99. The zero-order valence-electron chi connectivity index (χ0n) is 8.87. The van der Waals surface area contributed by atoms with Crippen LogP contribution in [0.4, 0.5) is 0 Å². The van der Waals surface area contributed by atoms with E-state index < -0.39 is 0 Å². The summed E-state index contributed by atoms with van der Waals surface area (Å²) in [6.45, 7) is 5.14. The van der Waals surface area contributed by atoms with E-state index in [0.717, 1.165) is 18.3 Å². The fraction of sp³-hybridized carbons (Fsp3) is 1.00. The van der Waals surface area contributed by atoms with Crippen molar-refractivity contribution in [1.29, 1.82) is 0 Å². The Kier molecular flexibility index (Phi) is 2.41. The van der Waals surface area contributed by atoms with E-state index >= 15 is 0 Å². The molecule has 2 nitrogen and oxygen atoms in total. The Morgan fingerprint density at radius 1 is 1.23 bits per heavy atom. The molecule has 0 amide bonds. The van der Waals surface area contributed by atoms with Crippen LogP contribution in [0, 0.1) is 11.8 Å². The molecule has 2 aliphatic heterocycles. The first kappa shape index (κ1) is 9.54. The second kappa shape index (κ2) is 3.28. The maximum Gasteiger partial charge on any atom is 0.0863 e. The monoisotopic (exact) mass is 179 g/mol. The van der Waals surface area contributed by atoms with Gasteiger partial charge in [0, 0.05) is 24.9 Å². The normalized spacial score (nSPS) is 38.9. The van der Waals surface area contributed by atoms with Crippen LogP contribution < -0.4 is 0 Å². The molecule has 13 heavy (non-hydrogen) atoms. The molecule has 3 heteroatoms. The van der Waals surface area contributed by atoms with Crippen LogP contribution in [0.2, 0.25) is 0 Å². The van der Waals surface area contributed by atoms with Crippen molar-refractivity contribution in [1.82, 2.24) is 4.90 Å². The van der Waals surface area contributed by atoms with Gasteiger partial charge in [0.2, 0.25) is 0 Å². The van der Waals surface area contributed by atoms with Crippen molar-refractivity contribution in [2.45, 2.75) is 6.42 Å². The zero-order valence-corrected chi connectivity index (χ0v) is 8.87. The third-order valence-corrected chi connectivity index (χ3v) is 3.46. The van der Waals surface area contributed by atoms with Crippen LogP contribution >= 0.6 is 0 Å². The van der Waals surface area contributed by atoms with Gasteiger partial charge in [-0.25, -0.2) is 0 Å². The summed E-state index contributed by atoms with van der Waals surface area (Å²) in [4.78, 5) is 2.41. The number of piperidine rings is 2. The molecule has 0 aromatic rings. The van der Waals surface area contributed by atoms with E-state index in [-0.39, 0.29) is 0 Å². The lowest BCUT2D eigenvalue weighted by Crippen LogP contribution is -2.58. The molecule has 0 spiro atoms. The zero-order chi connectivity index (χ0) is 9.47. The fourth-order valence-corrected chi connectivity index (χ4v) is 3.31. The number of quaternary nitrogens is 1. The molecule has 2 atom stereocenters. The van der Waals surface area contributed by atoms with Gasteiger partial charge in [0.05, 0.1) is 35.0 Å². The minimum atomic E-state index is 0.750. The Balaban J connectivity index is 2.01. The van der Waals surface area contributed by atoms with Crippen molar-refractivity contribution in [3.8, 4) is 0 Å². The molecule has 2 radical (unpaired) electrons. The summed E-state index contributed by atoms with van der Waals surface area (Å²) in [5.74, 6) is 1.79. The first-order valence-electron chi connectivity index (χ1n) is 5.33. The number of hydrogen-bond acceptors (Lipinski definition) is 1. The third kappa shape index (κ3) is 2.08. The van der Waals surface area contributed by atoms with Crippen molar-refractivity contribution in [2.24, 2.45) is 11.8 Å². The van der Waals surface area contributed by atoms with Crippen molar-refractivity contribution >= 4 is 7.85 Å². The molecular weight excluding hydrogens is 159 g/mol. The van der Waals surface area contributed by atoms with Crippen LogP contribution in [0.25, 0.3) is 0 Å². The van der Waals surface area contributed by atoms with Crippen molar-refractivity contribution in [3.63, 3.8) is 0 Å². The number of nitrogens with zero attached hydrogens (tertiary/aromatic N) is 2. The summed E-state index contributed by atoms with van der Waals surface area (Å²) >= 11 is 0. The van der Waals surface area contributed by atoms with Gasteiger partial charge >= 0.3 is 0 Å². The van der Waals surface area contributed by atoms with Gasteiger partial charge in [0.1, 0.15) is 0 Å². The van der Waals surface area contributed by atoms with Crippen molar-refractivity contribution < 1.29 is 4.48 Å². The molecule has 0 aromatic heterocycles. The maximum absolute atomic E-state index is 5.69. The van der Waals surface area contributed by atoms with Crippen molar-refractivity contribution in [2.75, 3.05) is 46.7 Å². The van der Waals surface area contributed by atoms with Gasteiger partial charge in [0.15, 0.2) is 0 Å². The molecule has 2 unspecified atom stereocenters. The summed E-state index contributed by atoms with van der Waals surface area (Å²) < 4.78 is 1.22. The second-order valence-corrected chi connectivity index (χ2v) is 5.49. The van der Waals surface area contributed by atoms with E-state index in [9.17, 15) is 0 Å². The predicted octanol–water partition coefficient (Wildman–Crippen LogP) is 0.140. The predicted molar refractivity (Wildman–Crippen MR) is 55.6 cm³/mol. The highest BCUT2D eigenvalue weighted by atomic mass is 15.3. The maximum atomic E-state index is 5.69. The van der Waals surface area contributed by atoms with Crippen LogP contribution in [0.5, 0.6) is 0 Å². The average molecular weight is 179 g/mol. The van der Waals surface area contributed by atoms with E-state index in [0.29, 0.717) is 0 Å². The summed E-state index contributed by atoms with van der Waals surface area (Å²) in [6.07, 6.45) is 2.19. The summed E-state index contributed by atoms with van der Waals surface area (Å²) in [5.41, 5.74) is 0. The molecule has 2 saturated heterocycles. The van der Waals surface area contributed by atoms with Gasteiger partial charge in [-0.05, 0) is 12.9 Å². The smallest absolute Gasteiger partial charge is 0.0863 e. The van der Waals surface area contributed by atoms with Gasteiger partial charge in [-0.1, -0.05) is 0 Å².